The average Bonchev–Trinajstić information content (AvgIpc) is 3.44. The number of amides is 3. The Kier molecular flexibility index (Phi) is 10.3. The van der Waals surface area contributed by atoms with E-state index in [-0.39, 0.29) is 40.9 Å². The lowest BCUT2D eigenvalue weighted by molar-refractivity contribution is -0.141. The van der Waals surface area contributed by atoms with Crippen molar-refractivity contribution in [1.29, 1.82) is 0 Å². The molecule has 4 rings (SSSR count). The van der Waals surface area contributed by atoms with Crippen molar-refractivity contribution in [3.05, 3.63) is 59.7 Å². The van der Waals surface area contributed by atoms with Gasteiger partial charge in [-0.05, 0) is 76.5 Å². The third-order valence-electron chi connectivity index (χ3n) is 8.18. The molecule has 2 aromatic carbocycles. The second kappa shape index (κ2) is 13.9. The summed E-state index contributed by atoms with van der Waals surface area (Å²) in [4.78, 5) is 53.7. The van der Waals surface area contributed by atoms with Gasteiger partial charge in [0.15, 0.2) is 0 Å². The van der Waals surface area contributed by atoms with Crippen LogP contribution in [0.2, 0.25) is 0 Å². The van der Waals surface area contributed by atoms with Crippen molar-refractivity contribution in [3.63, 3.8) is 0 Å². The number of likely N-dealkylation sites (tertiary alicyclic amines) is 1. The number of nitrogens with one attached hydrogen (secondary N) is 2. The van der Waals surface area contributed by atoms with Gasteiger partial charge in [0.1, 0.15) is 23.0 Å². The van der Waals surface area contributed by atoms with Gasteiger partial charge in [-0.25, -0.2) is 9.59 Å². The summed E-state index contributed by atoms with van der Waals surface area (Å²) in [6, 6.07) is 13.9. The van der Waals surface area contributed by atoms with Gasteiger partial charge in [0.05, 0.1) is 14.2 Å². The van der Waals surface area contributed by atoms with Crippen molar-refractivity contribution in [2.75, 3.05) is 32.6 Å². The maximum Gasteiger partial charge on any atom is 0.407 e. The number of hydrogen-bond acceptors (Lipinski definition) is 7. The summed E-state index contributed by atoms with van der Waals surface area (Å²) >= 11 is 0. The van der Waals surface area contributed by atoms with Crippen molar-refractivity contribution in [1.82, 2.24) is 10.2 Å². The predicted molar refractivity (Wildman–Crippen MR) is 162 cm³/mol. The van der Waals surface area contributed by atoms with Gasteiger partial charge in [-0.15, -0.1) is 0 Å². The summed E-state index contributed by atoms with van der Waals surface area (Å²) in [5.74, 6) is -0.617. The number of carbonyl (C=O) groups excluding carboxylic acids is 4. The summed E-state index contributed by atoms with van der Waals surface area (Å²) in [6.45, 7) is 6.49. The van der Waals surface area contributed by atoms with E-state index in [1.54, 1.807) is 23.1 Å². The van der Waals surface area contributed by atoms with Crippen molar-refractivity contribution >= 4 is 29.6 Å². The van der Waals surface area contributed by atoms with Crippen LogP contribution in [0, 0.1) is 11.8 Å². The largest absolute Gasteiger partial charge is 0.496 e. The SMILES string of the molecule is COC(=O)c1ccc(NC(=O)[C@@H]2[C@H](c3ccccc3)CCN2C(=O)C2CCC(CNC(=O)OC(C)(C)C)CC2)cc1OC. The molecule has 232 valence electrons. The Labute approximate surface area is 253 Å². The van der Waals surface area contributed by atoms with Crippen molar-refractivity contribution in [2.24, 2.45) is 11.8 Å². The molecule has 0 radical (unpaired) electrons. The zero-order valence-electron chi connectivity index (χ0n) is 25.7. The molecule has 2 aromatic rings. The van der Waals surface area contributed by atoms with Crippen LogP contribution >= 0.6 is 0 Å². The number of alkyl carbamates (subject to hydrolysis) is 1. The molecule has 1 saturated carbocycles. The normalized spacial score (nSPS) is 21.9. The number of carbonyl (C=O) groups is 4. The van der Waals surface area contributed by atoms with E-state index in [4.69, 9.17) is 14.2 Å². The van der Waals surface area contributed by atoms with Crippen LogP contribution in [-0.4, -0.2) is 67.7 Å². The lowest BCUT2D eigenvalue weighted by atomic mass is 9.81. The van der Waals surface area contributed by atoms with E-state index in [1.165, 1.54) is 14.2 Å². The molecule has 10 heteroatoms. The lowest BCUT2D eigenvalue weighted by Crippen LogP contribution is -2.48. The van der Waals surface area contributed by atoms with Crippen LogP contribution in [0.25, 0.3) is 0 Å². The second-order valence-corrected chi connectivity index (χ2v) is 12.3. The zero-order valence-corrected chi connectivity index (χ0v) is 25.7. The van der Waals surface area contributed by atoms with Crippen molar-refractivity contribution in [2.45, 2.75) is 70.4 Å². The molecule has 43 heavy (non-hydrogen) atoms. The summed E-state index contributed by atoms with van der Waals surface area (Å²) in [6.07, 6.45) is 3.27. The second-order valence-electron chi connectivity index (χ2n) is 12.3. The van der Waals surface area contributed by atoms with Crippen molar-refractivity contribution < 1.29 is 33.4 Å². The molecule has 2 fully saturated rings. The first-order valence-corrected chi connectivity index (χ1v) is 14.9. The minimum absolute atomic E-state index is 0.00393. The van der Waals surface area contributed by atoms with Crippen LogP contribution in [0.1, 0.15) is 74.7 Å². The molecule has 0 aromatic heterocycles. The fourth-order valence-corrected chi connectivity index (χ4v) is 6.07. The van der Waals surface area contributed by atoms with Gasteiger partial charge in [-0.3, -0.25) is 9.59 Å². The number of benzene rings is 2. The quantitative estimate of drug-likeness (QED) is 0.407. The van der Waals surface area contributed by atoms with E-state index in [0.717, 1.165) is 18.4 Å². The monoisotopic (exact) mass is 593 g/mol. The molecule has 1 aliphatic heterocycles. The molecular weight excluding hydrogens is 550 g/mol. The van der Waals surface area contributed by atoms with Gasteiger partial charge in [0.2, 0.25) is 11.8 Å². The first-order chi connectivity index (χ1) is 20.5. The van der Waals surface area contributed by atoms with Crippen LogP contribution in [0.5, 0.6) is 5.75 Å². The van der Waals surface area contributed by atoms with Crippen LogP contribution in [0.4, 0.5) is 10.5 Å². The number of hydrogen-bond donors (Lipinski definition) is 2. The van der Waals surface area contributed by atoms with E-state index in [0.29, 0.717) is 38.0 Å². The molecule has 2 aliphatic rings. The third-order valence-corrected chi connectivity index (χ3v) is 8.18. The summed E-state index contributed by atoms with van der Waals surface area (Å²) in [7, 11) is 2.73. The Hall–Kier alpha value is -4.08. The van der Waals surface area contributed by atoms with Gasteiger partial charge in [-0.1, -0.05) is 30.3 Å². The molecule has 10 nitrogen and oxygen atoms in total. The molecule has 2 N–H and O–H groups in total. The van der Waals surface area contributed by atoms with Gasteiger partial charge in [-0.2, -0.15) is 0 Å². The lowest BCUT2D eigenvalue weighted by Gasteiger charge is -2.34. The Morgan fingerprint density at radius 2 is 1.63 bits per heavy atom. The number of ether oxygens (including phenoxy) is 3. The minimum atomic E-state index is -0.687. The smallest absolute Gasteiger partial charge is 0.407 e. The van der Waals surface area contributed by atoms with Crippen LogP contribution in [-0.2, 0) is 19.1 Å². The molecule has 0 unspecified atom stereocenters. The molecule has 1 aliphatic carbocycles. The van der Waals surface area contributed by atoms with E-state index >= 15 is 0 Å². The summed E-state index contributed by atoms with van der Waals surface area (Å²) in [5.41, 5.74) is 1.16. The minimum Gasteiger partial charge on any atom is -0.496 e. The first kappa shape index (κ1) is 31.8. The Balaban J connectivity index is 1.45. The fourth-order valence-electron chi connectivity index (χ4n) is 6.07. The summed E-state index contributed by atoms with van der Waals surface area (Å²) < 4.78 is 15.5. The number of methoxy groups -OCH3 is 2. The first-order valence-electron chi connectivity index (χ1n) is 14.9. The highest BCUT2D eigenvalue weighted by Crippen LogP contribution is 2.38. The Bertz CT molecular complexity index is 1300. The number of nitrogens with zero attached hydrogens (tertiary/aromatic N) is 1. The average molecular weight is 594 g/mol. The third kappa shape index (κ3) is 8.06. The van der Waals surface area contributed by atoms with Crippen molar-refractivity contribution in [3.8, 4) is 5.75 Å². The van der Waals surface area contributed by atoms with E-state index < -0.39 is 23.7 Å². The summed E-state index contributed by atoms with van der Waals surface area (Å²) in [5, 5.41) is 5.82. The molecule has 0 bridgehead atoms. The van der Waals surface area contributed by atoms with E-state index in [9.17, 15) is 19.2 Å². The zero-order chi connectivity index (χ0) is 31.1. The van der Waals surface area contributed by atoms with Gasteiger partial charge < -0.3 is 29.7 Å². The fraction of sp³-hybridized carbons (Fsp3) is 0.515. The van der Waals surface area contributed by atoms with E-state index in [1.807, 2.05) is 51.1 Å². The van der Waals surface area contributed by atoms with Gasteiger partial charge in [0.25, 0.3) is 0 Å². The van der Waals surface area contributed by atoms with Crippen LogP contribution in [0.15, 0.2) is 48.5 Å². The topological polar surface area (TPSA) is 123 Å². The van der Waals surface area contributed by atoms with Gasteiger partial charge >= 0.3 is 12.1 Å². The Morgan fingerprint density at radius 3 is 2.26 bits per heavy atom. The maximum absolute atomic E-state index is 13.9. The molecule has 0 spiro atoms. The molecule has 1 heterocycles. The highest BCUT2D eigenvalue weighted by molar-refractivity contribution is 6.00. The van der Waals surface area contributed by atoms with Gasteiger partial charge in [0, 0.05) is 36.7 Å². The number of rotatable bonds is 8. The predicted octanol–water partition coefficient (Wildman–Crippen LogP) is 5.14. The van der Waals surface area contributed by atoms with E-state index in [2.05, 4.69) is 10.6 Å². The molecule has 1 saturated heterocycles. The molecular formula is C33H43N3O7. The standard InChI is InChI=1S/C33H43N3O7/c1-33(2,3)43-32(40)34-20-21-11-13-23(14-12-21)30(38)36-18-17-25(22-9-7-6-8-10-22)28(36)29(37)35-24-15-16-26(31(39)42-5)27(19-24)41-4/h6-10,15-16,19,21,23,25,28H,11-14,17-18,20H2,1-5H3,(H,34,40)(H,35,37)/t21?,23?,25-,28-/m0/s1. The Morgan fingerprint density at radius 1 is 0.930 bits per heavy atom. The van der Waals surface area contributed by atoms with Crippen LogP contribution < -0.4 is 15.4 Å². The molecule has 2 atom stereocenters. The highest BCUT2D eigenvalue weighted by atomic mass is 16.6. The highest BCUT2D eigenvalue weighted by Gasteiger charge is 2.44. The maximum atomic E-state index is 13.9. The van der Waals surface area contributed by atoms with Crippen LogP contribution in [0.3, 0.4) is 0 Å². The number of anilines is 1. The molecule has 3 amide bonds. The number of esters is 1.